The smallest absolute Gasteiger partial charge is 0.147 e. The van der Waals surface area contributed by atoms with Gasteiger partial charge in [-0.2, -0.15) is 0 Å². The van der Waals surface area contributed by atoms with Gasteiger partial charge in [-0.25, -0.2) is 4.98 Å². The van der Waals surface area contributed by atoms with E-state index in [1.807, 2.05) is 19.2 Å². The van der Waals surface area contributed by atoms with Crippen LogP contribution < -0.4 is 10.2 Å². The van der Waals surface area contributed by atoms with Gasteiger partial charge < -0.3 is 10.2 Å². The fourth-order valence-corrected chi connectivity index (χ4v) is 1.98. The third-order valence-corrected chi connectivity index (χ3v) is 2.65. The van der Waals surface area contributed by atoms with E-state index in [2.05, 4.69) is 15.2 Å². The van der Waals surface area contributed by atoms with Gasteiger partial charge in [-0.05, 0) is 18.6 Å². The summed E-state index contributed by atoms with van der Waals surface area (Å²) in [5.41, 5.74) is 1.11. The molecule has 1 aromatic heterocycles. The molecule has 5 heteroatoms. The predicted molar refractivity (Wildman–Crippen MR) is 66.3 cm³/mol. The van der Waals surface area contributed by atoms with Gasteiger partial charge in [-0.3, -0.25) is 0 Å². The Hall–Kier alpha value is -0.510. The highest BCUT2D eigenvalue weighted by atomic mass is 35.5. The lowest BCUT2D eigenvalue weighted by molar-refractivity contribution is 0.585. The minimum absolute atomic E-state index is 0. The zero-order chi connectivity index (χ0) is 9.97. The summed E-state index contributed by atoms with van der Waals surface area (Å²) >= 11 is 6.14. The summed E-state index contributed by atoms with van der Waals surface area (Å²) in [4.78, 5) is 6.59. The molecule has 2 heterocycles. The van der Waals surface area contributed by atoms with Gasteiger partial charge in [0.1, 0.15) is 5.82 Å². The first kappa shape index (κ1) is 12.6. The van der Waals surface area contributed by atoms with Gasteiger partial charge in [-0.15, -0.1) is 12.4 Å². The summed E-state index contributed by atoms with van der Waals surface area (Å²) in [5.74, 6) is 0.916. The van der Waals surface area contributed by atoms with Gasteiger partial charge in [-0.1, -0.05) is 11.6 Å². The van der Waals surface area contributed by atoms with Crippen molar-refractivity contribution in [1.82, 2.24) is 10.3 Å². The summed E-state index contributed by atoms with van der Waals surface area (Å²) in [6.45, 7) is 5.98. The standard InChI is InChI=1S/C10H14ClN3.ClH/c1-8-6-9(11)10(13-7-8)14-4-2-12-3-5-14;/h6-7,12H,2-5H2,1H3;1H. The molecule has 1 N–H and O–H groups in total. The number of hydrogen-bond acceptors (Lipinski definition) is 3. The summed E-state index contributed by atoms with van der Waals surface area (Å²) in [6.07, 6.45) is 1.86. The number of nitrogens with zero attached hydrogens (tertiary/aromatic N) is 2. The van der Waals surface area contributed by atoms with Gasteiger partial charge in [0.05, 0.1) is 5.02 Å². The molecular formula is C10H15Cl2N3. The molecule has 1 saturated heterocycles. The van der Waals surface area contributed by atoms with Gasteiger partial charge in [0.2, 0.25) is 0 Å². The number of rotatable bonds is 1. The van der Waals surface area contributed by atoms with Crippen molar-refractivity contribution in [2.24, 2.45) is 0 Å². The van der Waals surface area contributed by atoms with Crippen LogP contribution in [0, 0.1) is 6.92 Å². The molecule has 0 radical (unpaired) electrons. The van der Waals surface area contributed by atoms with Crippen molar-refractivity contribution >= 4 is 29.8 Å². The third-order valence-electron chi connectivity index (χ3n) is 2.38. The largest absolute Gasteiger partial charge is 0.353 e. The molecule has 84 valence electrons. The fraction of sp³-hybridized carbons (Fsp3) is 0.500. The number of pyridine rings is 1. The van der Waals surface area contributed by atoms with Gasteiger partial charge in [0.25, 0.3) is 0 Å². The van der Waals surface area contributed by atoms with E-state index in [-0.39, 0.29) is 12.4 Å². The Morgan fingerprint density at radius 1 is 1.40 bits per heavy atom. The van der Waals surface area contributed by atoms with Crippen LogP contribution in [0.4, 0.5) is 5.82 Å². The maximum absolute atomic E-state index is 6.14. The van der Waals surface area contributed by atoms with E-state index in [0.717, 1.165) is 42.6 Å². The Balaban J connectivity index is 0.00000112. The van der Waals surface area contributed by atoms with Crippen molar-refractivity contribution in [2.75, 3.05) is 31.1 Å². The zero-order valence-corrected chi connectivity index (χ0v) is 10.2. The highest BCUT2D eigenvalue weighted by molar-refractivity contribution is 6.33. The lowest BCUT2D eigenvalue weighted by Gasteiger charge is -2.29. The van der Waals surface area contributed by atoms with Crippen LogP contribution in [-0.2, 0) is 0 Å². The first-order chi connectivity index (χ1) is 6.77. The van der Waals surface area contributed by atoms with Crippen LogP contribution in [0.25, 0.3) is 0 Å². The number of nitrogens with one attached hydrogen (secondary N) is 1. The maximum atomic E-state index is 6.14. The number of hydrogen-bond donors (Lipinski definition) is 1. The minimum Gasteiger partial charge on any atom is -0.353 e. The van der Waals surface area contributed by atoms with Crippen molar-refractivity contribution in [1.29, 1.82) is 0 Å². The molecule has 0 aromatic carbocycles. The molecule has 0 bridgehead atoms. The van der Waals surface area contributed by atoms with Crippen molar-refractivity contribution in [3.8, 4) is 0 Å². The van der Waals surface area contributed by atoms with Gasteiger partial charge in [0.15, 0.2) is 0 Å². The Kier molecular flexibility index (Phi) is 4.64. The van der Waals surface area contributed by atoms with E-state index in [0.29, 0.717) is 0 Å². The fourth-order valence-electron chi connectivity index (χ4n) is 1.64. The van der Waals surface area contributed by atoms with Crippen LogP contribution >= 0.6 is 24.0 Å². The van der Waals surface area contributed by atoms with Crippen LogP contribution in [0.15, 0.2) is 12.3 Å². The normalized spacial score (nSPS) is 16.0. The Morgan fingerprint density at radius 3 is 2.67 bits per heavy atom. The molecular weight excluding hydrogens is 233 g/mol. The predicted octanol–water partition coefficient (Wildman–Crippen LogP) is 1.87. The molecule has 1 aliphatic rings. The first-order valence-corrected chi connectivity index (χ1v) is 5.23. The van der Waals surface area contributed by atoms with Crippen molar-refractivity contribution < 1.29 is 0 Å². The molecule has 3 nitrogen and oxygen atoms in total. The summed E-state index contributed by atoms with van der Waals surface area (Å²) in [6, 6.07) is 1.96. The van der Waals surface area contributed by atoms with Crippen molar-refractivity contribution in [3.05, 3.63) is 22.8 Å². The van der Waals surface area contributed by atoms with E-state index in [1.165, 1.54) is 0 Å². The van der Waals surface area contributed by atoms with E-state index in [9.17, 15) is 0 Å². The molecule has 0 amide bonds. The lowest BCUT2D eigenvalue weighted by atomic mass is 10.3. The first-order valence-electron chi connectivity index (χ1n) is 4.85. The number of aromatic nitrogens is 1. The molecule has 0 atom stereocenters. The molecule has 0 spiro atoms. The maximum Gasteiger partial charge on any atom is 0.147 e. The number of aryl methyl sites for hydroxylation is 1. The molecule has 1 fully saturated rings. The molecule has 2 rings (SSSR count). The second-order valence-corrected chi connectivity index (χ2v) is 3.96. The lowest BCUT2D eigenvalue weighted by Crippen LogP contribution is -2.44. The van der Waals surface area contributed by atoms with E-state index >= 15 is 0 Å². The van der Waals surface area contributed by atoms with Crippen LogP contribution in [0.5, 0.6) is 0 Å². The topological polar surface area (TPSA) is 28.2 Å². The summed E-state index contributed by atoms with van der Waals surface area (Å²) in [5, 5.41) is 4.06. The monoisotopic (exact) mass is 247 g/mol. The minimum atomic E-state index is 0. The van der Waals surface area contributed by atoms with Crippen LogP contribution in [0.3, 0.4) is 0 Å². The van der Waals surface area contributed by atoms with E-state index < -0.39 is 0 Å². The molecule has 1 aromatic rings. The SMILES string of the molecule is Cc1cnc(N2CCNCC2)c(Cl)c1.Cl. The van der Waals surface area contributed by atoms with Crippen molar-refractivity contribution in [2.45, 2.75) is 6.92 Å². The molecule has 0 aliphatic carbocycles. The number of halogens is 2. The van der Waals surface area contributed by atoms with E-state index in [4.69, 9.17) is 11.6 Å². The van der Waals surface area contributed by atoms with Gasteiger partial charge >= 0.3 is 0 Å². The van der Waals surface area contributed by atoms with Gasteiger partial charge in [0, 0.05) is 32.4 Å². The molecule has 0 unspecified atom stereocenters. The molecule has 0 saturated carbocycles. The summed E-state index contributed by atoms with van der Waals surface area (Å²) < 4.78 is 0. The third kappa shape index (κ3) is 2.97. The Morgan fingerprint density at radius 2 is 2.07 bits per heavy atom. The second kappa shape index (κ2) is 5.54. The number of piperazine rings is 1. The van der Waals surface area contributed by atoms with Crippen LogP contribution in [0.2, 0.25) is 5.02 Å². The Labute approximate surface area is 101 Å². The summed E-state index contributed by atoms with van der Waals surface area (Å²) in [7, 11) is 0. The Bertz CT molecular complexity index is 324. The molecule has 1 aliphatic heterocycles. The highest BCUT2D eigenvalue weighted by Gasteiger charge is 2.14. The van der Waals surface area contributed by atoms with Crippen LogP contribution in [0.1, 0.15) is 5.56 Å². The molecule has 15 heavy (non-hydrogen) atoms. The highest BCUT2D eigenvalue weighted by Crippen LogP contribution is 2.23. The average molecular weight is 248 g/mol. The van der Waals surface area contributed by atoms with E-state index in [1.54, 1.807) is 0 Å². The average Bonchev–Trinajstić information content (AvgIpc) is 2.19. The van der Waals surface area contributed by atoms with Crippen molar-refractivity contribution in [3.63, 3.8) is 0 Å². The van der Waals surface area contributed by atoms with Crippen LogP contribution in [-0.4, -0.2) is 31.2 Å². The second-order valence-electron chi connectivity index (χ2n) is 3.56. The zero-order valence-electron chi connectivity index (χ0n) is 8.66. The number of anilines is 1. The quantitative estimate of drug-likeness (QED) is 0.822.